The largest absolute Gasteiger partial charge is 0.481 e. The predicted molar refractivity (Wildman–Crippen MR) is 84.6 cm³/mol. The molecule has 0 spiro atoms. The van der Waals surface area contributed by atoms with Gasteiger partial charge in [0.05, 0.1) is 12.6 Å². The molecule has 3 rings (SSSR count). The molecule has 0 atom stereocenters. The van der Waals surface area contributed by atoms with Gasteiger partial charge >= 0.3 is 0 Å². The maximum absolute atomic E-state index is 5.06. The second kappa shape index (κ2) is 5.79. The Bertz CT molecular complexity index is 754. The van der Waals surface area contributed by atoms with Crippen LogP contribution < -0.4 is 10.1 Å². The van der Waals surface area contributed by atoms with Crippen molar-refractivity contribution in [1.82, 2.24) is 9.97 Å². The number of ether oxygens (including phenoxy) is 1. The van der Waals surface area contributed by atoms with Crippen molar-refractivity contribution in [1.29, 1.82) is 0 Å². The van der Waals surface area contributed by atoms with Crippen LogP contribution in [0.5, 0.6) is 5.88 Å². The first-order valence-electron chi connectivity index (χ1n) is 6.84. The van der Waals surface area contributed by atoms with E-state index in [1.54, 1.807) is 7.11 Å². The highest BCUT2D eigenvalue weighted by atomic mass is 16.5. The fraction of sp³-hybridized carbons (Fsp3) is 0.176. The molecule has 1 aromatic carbocycles. The molecule has 0 fully saturated rings. The zero-order valence-corrected chi connectivity index (χ0v) is 12.1. The zero-order chi connectivity index (χ0) is 14.7. The first-order valence-corrected chi connectivity index (χ1v) is 6.84. The minimum Gasteiger partial charge on any atom is -0.481 e. The number of hydrogen-bond donors (Lipinski definition) is 1. The number of pyridine rings is 2. The fourth-order valence-corrected chi connectivity index (χ4v) is 2.25. The maximum Gasteiger partial charge on any atom is 0.212 e. The number of hydrogen-bond acceptors (Lipinski definition) is 4. The van der Waals surface area contributed by atoms with Crippen molar-refractivity contribution in [3.63, 3.8) is 0 Å². The number of benzene rings is 1. The fourth-order valence-electron chi connectivity index (χ4n) is 2.25. The summed E-state index contributed by atoms with van der Waals surface area (Å²) in [5, 5.41) is 4.59. The van der Waals surface area contributed by atoms with Crippen LogP contribution in [0.3, 0.4) is 0 Å². The molecule has 0 bridgehead atoms. The van der Waals surface area contributed by atoms with E-state index in [1.165, 1.54) is 5.56 Å². The normalized spacial score (nSPS) is 10.6. The molecule has 4 nitrogen and oxygen atoms in total. The molecule has 2 heterocycles. The smallest absolute Gasteiger partial charge is 0.212 e. The molecule has 0 aliphatic rings. The Kier molecular flexibility index (Phi) is 3.69. The molecule has 0 aliphatic carbocycles. The molecule has 0 amide bonds. The number of fused-ring (bicyclic) bond motifs is 1. The van der Waals surface area contributed by atoms with Gasteiger partial charge in [0.25, 0.3) is 0 Å². The first kappa shape index (κ1) is 13.4. The van der Waals surface area contributed by atoms with Gasteiger partial charge < -0.3 is 10.1 Å². The van der Waals surface area contributed by atoms with Gasteiger partial charge in [-0.1, -0.05) is 17.7 Å². The van der Waals surface area contributed by atoms with Crippen molar-refractivity contribution in [2.75, 3.05) is 12.4 Å². The minimum absolute atomic E-state index is 0.628. The number of aromatic nitrogens is 2. The monoisotopic (exact) mass is 279 g/mol. The highest BCUT2D eigenvalue weighted by Crippen LogP contribution is 2.23. The van der Waals surface area contributed by atoms with Gasteiger partial charge in [0.1, 0.15) is 0 Å². The molecule has 0 aliphatic heterocycles. The minimum atomic E-state index is 0.628. The van der Waals surface area contributed by atoms with E-state index in [1.807, 2.05) is 36.7 Å². The number of rotatable bonds is 4. The van der Waals surface area contributed by atoms with Gasteiger partial charge in [-0.3, -0.25) is 4.98 Å². The third-order valence-electron chi connectivity index (χ3n) is 3.39. The molecule has 0 unspecified atom stereocenters. The molecule has 3 aromatic rings. The summed E-state index contributed by atoms with van der Waals surface area (Å²) in [4.78, 5) is 8.60. The third kappa shape index (κ3) is 2.94. The lowest BCUT2D eigenvalue weighted by molar-refractivity contribution is 0.397. The van der Waals surface area contributed by atoms with Crippen molar-refractivity contribution >= 4 is 16.6 Å². The highest BCUT2D eigenvalue weighted by molar-refractivity contribution is 5.91. The Morgan fingerprint density at radius 2 is 2.00 bits per heavy atom. The van der Waals surface area contributed by atoms with Crippen LogP contribution in [-0.4, -0.2) is 17.1 Å². The molecule has 4 heteroatoms. The molecular formula is C17H17N3O. The van der Waals surface area contributed by atoms with E-state index >= 15 is 0 Å². The summed E-state index contributed by atoms with van der Waals surface area (Å²) in [7, 11) is 1.62. The average Bonchev–Trinajstić information content (AvgIpc) is 2.53. The molecule has 0 saturated heterocycles. The Morgan fingerprint density at radius 3 is 2.76 bits per heavy atom. The van der Waals surface area contributed by atoms with Crippen molar-refractivity contribution in [2.45, 2.75) is 13.5 Å². The van der Waals surface area contributed by atoms with E-state index in [0.29, 0.717) is 12.4 Å². The Labute approximate surface area is 123 Å². The van der Waals surface area contributed by atoms with Crippen LogP contribution in [0.25, 0.3) is 10.9 Å². The first-order chi connectivity index (χ1) is 10.3. The van der Waals surface area contributed by atoms with Gasteiger partial charge in [-0.2, -0.15) is 0 Å². The number of nitrogens with zero attached hydrogens (tertiary/aromatic N) is 2. The van der Waals surface area contributed by atoms with Gasteiger partial charge in [0, 0.05) is 36.1 Å². The lowest BCUT2D eigenvalue weighted by Gasteiger charge is -2.10. The Hall–Kier alpha value is -2.62. The standard InChI is InChI=1S/C17H17N3O/c1-12-3-5-15-14(9-12)16(7-8-18-15)19-10-13-4-6-17(21-2)20-11-13/h3-9,11H,10H2,1-2H3,(H,18,19). The second-order valence-electron chi connectivity index (χ2n) is 4.94. The summed E-state index contributed by atoms with van der Waals surface area (Å²) >= 11 is 0. The lowest BCUT2D eigenvalue weighted by Crippen LogP contribution is -2.01. The summed E-state index contributed by atoms with van der Waals surface area (Å²) < 4.78 is 5.06. The van der Waals surface area contributed by atoms with Crippen LogP contribution in [0.1, 0.15) is 11.1 Å². The Morgan fingerprint density at radius 1 is 1.10 bits per heavy atom. The summed E-state index contributed by atoms with van der Waals surface area (Å²) in [6.07, 6.45) is 3.65. The van der Waals surface area contributed by atoms with Gasteiger partial charge in [0.15, 0.2) is 0 Å². The predicted octanol–water partition coefficient (Wildman–Crippen LogP) is 3.56. The molecular weight excluding hydrogens is 262 g/mol. The van der Waals surface area contributed by atoms with Gasteiger partial charge in [-0.25, -0.2) is 4.98 Å². The van der Waals surface area contributed by atoms with Crippen LogP contribution in [0.15, 0.2) is 48.8 Å². The van der Waals surface area contributed by atoms with Gasteiger partial charge in [0.2, 0.25) is 5.88 Å². The van der Waals surface area contributed by atoms with Crippen LogP contribution in [0.4, 0.5) is 5.69 Å². The lowest BCUT2D eigenvalue weighted by atomic mass is 10.1. The zero-order valence-electron chi connectivity index (χ0n) is 12.1. The molecule has 0 saturated carbocycles. The molecule has 106 valence electrons. The average molecular weight is 279 g/mol. The molecule has 21 heavy (non-hydrogen) atoms. The van der Waals surface area contributed by atoms with E-state index in [9.17, 15) is 0 Å². The number of methoxy groups -OCH3 is 1. The van der Waals surface area contributed by atoms with E-state index < -0.39 is 0 Å². The summed E-state index contributed by atoms with van der Waals surface area (Å²) in [6.45, 7) is 2.80. The SMILES string of the molecule is COc1ccc(CNc2ccnc3ccc(C)cc23)cn1. The van der Waals surface area contributed by atoms with Gasteiger partial charge in [-0.05, 0) is 30.7 Å². The second-order valence-corrected chi connectivity index (χ2v) is 4.94. The van der Waals surface area contributed by atoms with Crippen molar-refractivity contribution in [3.8, 4) is 5.88 Å². The molecule has 2 aromatic heterocycles. The Balaban J connectivity index is 1.82. The van der Waals surface area contributed by atoms with Crippen molar-refractivity contribution < 1.29 is 4.74 Å². The molecule has 1 N–H and O–H groups in total. The van der Waals surface area contributed by atoms with E-state index in [2.05, 4.69) is 34.3 Å². The van der Waals surface area contributed by atoms with E-state index in [-0.39, 0.29) is 0 Å². The third-order valence-corrected chi connectivity index (χ3v) is 3.39. The highest BCUT2D eigenvalue weighted by Gasteiger charge is 2.02. The summed E-state index contributed by atoms with van der Waals surface area (Å²) in [5.74, 6) is 0.628. The van der Waals surface area contributed by atoms with Crippen LogP contribution >= 0.6 is 0 Å². The van der Waals surface area contributed by atoms with Crippen LogP contribution in [0, 0.1) is 6.92 Å². The van der Waals surface area contributed by atoms with Crippen LogP contribution in [-0.2, 0) is 6.54 Å². The van der Waals surface area contributed by atoms with Crippen molar-refractivity contribution in [2.24, 2.45) is 0 Å². The maximum atomic E-state index is 5.06. The number of nitrogens with one attached hydrogen (secondary N) is 1. The number of aryl methyl sites for hydroxylation is 1. The van der Waals surface area contributed by atoms with E-state index in [4.69, 9.17) is 4.74 Å². The summed E-state index contributed by atoms with van der Waals surface area (Å²) in [5.41, 5.74) is 4.41. The van der Waals surface area contributed by atoms with Crippen LogP contribution in [0.2, 0.25) is 0 Å². The topological polar surface area (TPSA) is 47.0 Å². The number of anilines is 1. The van der Waals surface area contributed by atoms with Crippen molar-refractivity contribution in [3.05, 3.63) is 59.9 Å². The van der Waals surface area contributed by atoms with Gasteiger partial charge in [-0.15, -0.1) is 0 Å². The quantitative estimate of drug-likeness (QED) is 0.793. The molecule has 0 radical (unpaired) electrons. The van der Waals surface area contributed by atoms with E-state index in [0.717, 1.165) is 22.2 Å². The summed E-state index contributed by atoms with van der Waals surface area (Å²) in [6, 6.07) is 12.1.